The Hall–Kier alpha value is -2.37. The Labute approximate surface area is 184 Å². The molecule has 0 spiro atoms. The van der Waals surface area contributed by atoms with Crippen molar-refractivity contribution in [2.75, 3.05) is 32.7 Å². The summed E-state index contributed by atoms with van der Waals surface area (Å²) in [6.45, 7) is 5.86. The van der Waals surface area contributed by atoms with Crippen molar-refractivity contribution in [3.63, 3.8) is 0 Å². The maximum absolute atomic E-state index is 13.1. The smallest absolute Gasteiger partial charge is 0.272 e. The van der Waals surface area contributed by atoms with Crippen LogP contribution in [-0.4, -0.2) is 58.2 Å². The van der Waals surface area contributed by atoms with E-state index in [1.165, 1.54) is 18.4 Å². The van der Waals surface area contributed by atoms with Gasteiger partial charge in [-0.25, -0.2) is 0 Å². The van der Waals surface area contributed by atoms with Gasteiger partial charge >= 0.3 is 0 Å². The van der Waals surface area contributed by atoms with Crippen LogP contribution in [-0.2, 0) is 13.0 Å². The maximum Gasteiger partial charge on any atom is 0.272 e. The van der Waals surface area contributed by atoms with Gasteiger partial charge in [-0.15, -0.1) is 12.4 Å². The third kappa shape index (κ3) is 4.23. The molecule has 1 saturated heterocycles. The first-order valence-corrected chi connectivity index (χ1v) is 10.8. The van der Waals surface area contributed by atoms with Crippen molar-refractivity contribution in [2.45, 2.75) is 25.8 Å². The average Bonchev–Trinajstić information content (AvgIpc) is 3.15. The van der Waals surface area contributed by atoms with Crippen LogP contribution >= 0.6 is 12.4 Å². The van der Waals surface area contributed by atoms with Gasteiger partial charge in [0, 0.05) is 25.0 Å². The number of aromatic nitrogens is 2. The number of hydrogen-bond acceptors (Lipinski definition) is 3. The highest BCUT2D eigenvalue weighted by atomic mass is 35.5. The number of nitrogens with zero attached hydrogens (tertiary/aromatic N) is 4. The molecule has 2 aliphatic heterocycles. The summed E-state index contributed by atoms with van der Waals surface area (Å²) < 4.78 is 1.90. The maximum atomic E-state index is 13.1. The largest absolute Gasteiger partial charge is 0.335 e. The highest BCUT2D eigenvalue weighted by Gasteiger charge is 2.30. The Morgan fingerprint density at radius 2 is 1.63 bits per heavy atom. The number of fused-ring (bicyclic) bond motifs is 3. The topological polar surface area (TPSA) is 41.4 Å². The van der Waals surface area contributed by atoms with E-state index in [4.69, 9.17) is 0 Å². The molecular formula is C24H29ClN4O. The number of carbonyl (C=O) groups is 1. The number of rotatable bonds is 5. The fourth-order valence-corrected chi connectivity index (χ4v) is 4.74. The van der Waals surface area contributed by atoms with Gasteiger partial charge in [0.2, 0.25) is 0 Å². The van der Waals surface area contributed by atoms with E-state index in [0.717, 1.165) is 62.3 Å². The van der Waals surface area contributed by atoms with Gasteiger partial charge in [0.1, 0.15) is 5.69 Å². The lowest BCUT2D eigenvalue weighted by Crippen LogP contribution is -2.45. The molecule has 1 amide bonds. The molecule has 2 aliphatic rings. The number of benzene rings is 2. The monoisotopic (exact) mass is 424 g/mol. The molecule has 30 heavy (non-hydrogen) atoms. The number of halogens is 1. The Kier molecular flexibility index (Phi) is 6.40. The molecule has 2 aromatic carbocycles. The standard InChI is InChI=1S/C24H28N4O.ClH/c29-24-23-21-8-4-5-9-22(21)25-28(23)17-16-27(24)18-20-11-14-26(15-12-20)13-10-19-6-2-1-3-7-19;/h1-9,20H,10-18H2;1H. The summed E-state index contributed by atoms with van der Waals surface area (Å²) in [7, 11) is 0. The van der Waals surface area contributed by atoms with Crippen LogP contribution < -0.4 is 0 Å². The van der Waals surface area contributed by atoms with E-state index in [2.05, 4.69) is 45.2 Å². The lowest BCUT2D eigenvalue weighted by atomic mass is 9.95. The highest BCUT2D eigenvalue weighted by molar-refractivity contribution is 6.05. The first-order valence-electron chi connectivity index (χ1n) is 10.8. The van der Waals surface area contributed by atoms with Gasteiger partial charge in [-0.3, -0.25) is 9.48 Å². The highest BCUT2D eigenvalue weighted by Crippen LogP contribution is 2.25. The van der Waals surface area contributed by atoms with Gasteiger partial charge in [-0.05, 0) is 49.9 Å². The van der Waals surface area contributed by atoms with Gasteiger partial charge in [0.15, 0.2) is 0 Å². The third-order valence-corrected chi connectivity index (χ3v) is 6.46. The second kappa shape index (κ2) is 9.19. The summed E-state index contributed by atoms with van der Waals surface area (Å²) in [4.78, 5) is 17.8. The first-order chi connectivity index (χ1) is 14.3. The number of piperidine rings is 1. The quantitative estimate of drug-likeness (QED) is 0.624. The second-order valence-corrected chi connectivity index (χ2v) is 8.36. The van der Waals surface area contributed by atoms with Crippen LogP contribution in [0.5, 0.6) is 0 Å². The molecule has 0 bridgehead atoms. The molecule has 3 aromatic rings. The number of hydrogen-bond donors (Lipinski definition) is 0. The molecule has 5 nitrogen and oxygen atoms in total. The number of carbonyl (C=O) groups excluding carboxylic acids is 1. The van der Waals surface area contributed by atoms with E-state index in [0.29, 0.717) is 5.92 Å². The molecule has 3 heterocycles. The zero-order chi connectivity index (χ0) is 19.6. The summed E-state index contributed by atoms with van der Waals surface area (Å²) in [5.74, 6) is 0.754. The van der Waals surface area contributed by atoms with E-state index in [9.17, 15) is 4.79 Å². The van der Waals surface area contributed by atoms with Crippen molar-refractivity contribution >= 4 is 29.2 Å². The van der Waals surface area contributed by atoms with Crippen LogP contribution in [0.4, 0.5) is 0 Å². The van der Waals surface area contributed by atoms with Crippen LogP contribution in [0.2, 0.25) is 0 Å². The van der Waals surface area contributed by atoms with Crippen LogP contribution in [0, 0.1) is 5.92 Å². The Balaban J connectivity index is 0.00000218. The van der Waals surface area contributed by atoms with Gasteiger partial charge in [-0.1, -0.05) is 48.5 Å². The molecule has 6 heteroatoms. The minimum Gasteiger partial charge on any atom is -0.335 e. The van der Waals surface area contributed by atoms with Crippen LogP contribution in [0.3, 0.4) is 0 Å². The summed E-state index contributed by atoms with van der Waals surface area (Å²) in [5.41, 5.74) is 3.11. The molecule has 0 N–H and O–H groups in total. The molecule has 1 aromatic heterocycles. The Morgan fingerprint density at radius 3 is 2.43 bits per heavy atom. The van der Waals surface area contributed by atoms with Crippen molar-refractivity contribution < 1.29 is 4.79 Å². The lowest BCUT2D eigenvalue weighted by Gasteiger charge is -2.36. The zero-order valence-electron chi connectivity index (χ0n) is 17.2. The summed E-state index contributed by atoms with van der Waals surface area (Å²) in [6.07, 6.45) is 3.48. The number of amides is 1. The molecule has 158 valence electrons. The lowest BCUT2D eigenvalue weighted by molar-refractivity contribution is 0.0630. The van der Waals surface area contributed by atoms with Crippen LogP contribution in [0.15, 0.2) is 54.6 Å². The predicted molar refractivity (Wildman–Crippen MR) is 122 cm³/mol. The Morgan fingerprint density at radius 1 is 0.900 bits per heavy atom. The minimum absolute atomic E-state index is 0. The van der Waals surface area contributed by atoms with Crippen molar-refractivity contribution in [1.82, 2.24) is 19.6 Å². The van der Waals surface area contributed by atoms with Crippen LogP contribution in [0.1, 0.15) is 28.9 Å². The summed E-state index contributed by atoms with van der Waals surface area (Å²) in [5, 5.41) is 5.59. The molecule has 0 radical (unpaired) electrons. The minimum atomic E-state index is 0. The molecule has 0 unspecified atom stereocenters. The van der Waals surface area contributed by atoms with E-state index in [1.807, 2.05) is 28.9 Å². The molecule has 1 fully saturated rings. The van der Waals surface area contributed by atoms with Crippen molar-refractivity contribution in [1.29, 1.82) is 0 Å². The SMILES string of the molecule is Cl.O=C1c2c3ccccc3nn2CCN1CC1CCN(CCc2ccccc2)CC1. The van der Waals surface area contributed by atoms with Gasteiger partial charge < -0.3 is 9.80 Å². The zero-order valence-corrected chi connectivity index (χ0v) is 18.1. The normalized spacial score (nSPS) is 17.7. The average molecular weight is 425 g/mol. The summed E-state index contributed by atoms with van der Waals surface area (Å²) in [6, 6.07) is 18.7. The van der Waals surface area contributed by atoms with Crippen molar-refractivity contribution in [2.24, 2.45) is 5.92 Å². The molecule has 0 atom stereocenters. The van der Waals surface area contributed by atoms with Gasteiger partial charge in [0.25, 0.3) is 5.91 Å². The van der Waals surface area contributed by atoms with Crippen molar-refractivity contribution in [3.8, 4) is 0 Å². The van der Waals surface area contributed by atoms with E-state index in [1.54, 1.807) is 0 Å². The summed E-state index contributed by atoms with van der Waals surface area (Å²) >= 11 is 0. The van der Waals surface area contributed by atoms with E-state index in [-0.39, 0.29) is 18.3 Å². The molecular weight excluding hydrogens is 396 g/mol. The Bertz CT molecular complexity index is 995. The fraction of sp³-hybridized carbons (Fsp3) is 0.417. The molecule has 5 rings (SSSR count). The molecule has 0 aliphatic carbocycles. The first kappa shape index (κ1) is 20.9. The van der Waals surface area contributed by atoms with E-state index >= 15 is 0 Å². The second-order valence-electron chi connectivity index (χ2n) is 8.36. The molecule has 0 saturated carbocycles. The van der Waals surface area contributed by atoms with Gasteiger partial charge in [-0.2, -0.15) is 5.10 Å². The number of likely N-dealkylation sites (tertiary alicyclic amines) is 1. The van der Waals surface area contributed by atoms with Gasteiger partial charge in [0.05, 0.1) is 12.1 Å². The van der Waals surface area contributed by atoms with E-state index < -0.39 is 0 Å². The van der Waals surface area contributed by atoms with Crippen molar-refractivity contribution in [3.05, 3.63) is 65.9 Å². The predicted octanol–water partition coefficient (Wildman–Crippen LogP) is 3.87. The van der Waals surface area contributed by atoms with Crippen LogP contribution in [0.25, 0.3) is 10.9 Å². The fourth-order valence-electron chi connectivity index (χ4n) is 4.74. The third-order valence-electron chi connectivity index (χ3n) is 6.46.